The minimum atomic E-state index is -1.04. The molecule has 0 spiro atoms. The van der Waals surface area contributed by atoms with Crippen molar-refractivity contribution in [2.75, 3.05) is 0 Å². The van der Waals surface area contributed by atoms with Gasteiger partial charge in [-0.05, 0) is 30.2 Å². The predicted octanol–water partition coefficient (Wildman–Crippen LogP) is 5.54. The molecule has 3 heteroatoms. The lowest BCUT2D eigenvalue weighted by Gasteiger charge is -2.24. The smallest absolute Gasteiger partial charge is 0.150 e. The third-order valence-corrected chi connectivity index (χ3v) is 6.93. The van der Waals surface area contributed by atoms with Crippen LogP contribution in [0, 0.1) is 6.92 Å². The van der Waals surface area contributed by atoms with Gasteiger partial charge in [0, 0.05) is 30.3 Å². The molecule has 0 amide bonds. The molecule has 0 fully saturated rings. The second-order valence-electron chi connectivity index (χ2n) is 6.00. The summed E-state index contributed by atoms with van der Waals surface area (Å²) in [7, 11) is 0. The average Bonchev–Trinajstić information content (AvgIpc) is 3.18. The molecule has 0 radical (unpaired) electrons. The summed E-state index contributed by atoms with van der Waals surface area (Å²) >= 11 is 3.49. The van der Waals surface area contributed by atoms with Crippen LogP contribution in [0.3, 0.4) is 0 Å². The van der Waals surface area contributed by atoms with Crippen molar-refractivity contribution < 1.29 is 5.11 Å². The summed E-state index contributed by atoms with van der Waals surface area (Å²) < 4.78 is 2.52. The lowest BCUT2D eigenvalue weighted by molar-refractivity contribution is 0.135. The van der Waals surface area contributed by atoms with Crippen molar-refractivity contribution in [2.45, 2.75) is 12.5 Å². The first-order chi connectivity index (χ1) is 11.2. The van der Waals surface area contributed by atoms with E-state index in [1.54, 1.807) is 22.7 Å². The van der Waals surface area contributed by atoms with E-state index in [4.69, 9.17) is 0 Å². The molecular weight excluding hydrogens is 320 g/mol. The van der Waals surface area contributed by atoms with Gasteiger partial charge in [-0.15, -0.1) is 22.7 Å². The van der Waals surface area contributed by atoms with Crippen LogP contribution < -0.4 is 0 Å². The summed E-state index contributed by atoms with van der Waals surface area (Å²) in [6, 6.07) is 20.8. The summed E-state index contributed by atoms with van der Waals surface area (Å²) in [6.45, 7) is 2.13. The van der Waals surface area contributed by atoms with Crippen LogP contribution >= 0.6 is 22.7 Å². The van der Waals surface area contributed by atoms with Gasteiger partial charge in [0.1, 0.15) is 0 Å². The van der Waals surface area contributed by atoms with Crippen LogP contribution in [0.15, 0.2) is 60.7 Å². The van der Waals surface area contributed by atoms with Crippen molar-refractivity contribution in [1.82, 2.24) is 0 Å². The van der Waals surface area contributed by atoms with Gasteiger partial charge in [0.15, 0.2) is 5.60 Å². The van der Waals surface area contributed by atoms with E-state index in [1.807, 2.05) is 36.4 Å². The van der Waals surface area contributed by atoms with E-state index < -0.39 is 5.60 Å². The van der Waals surface area contributed by atoms with Crippen molar-refractivity contribution >= 4 is 32.1 Å². The minimum absolute atomic E-state index is 0.992. The van der Waals surface area contributed by atoms with Gasteiger partial charge in [0.25, 0.3) is 0 Å². The van der Waals surface area contributed by atoms with E-state index in [2.05, 4.69) is 31.2 Å². The Labute approximate surface area is 142 Å². The van der Waals surface area contributed by atoms with Gasteiger partial charge in [-0.3, -0.25) is 0 Å². The first-order valence-corrected chi connectivity index (χ1v) is 9.23. The number of thiophene rings is 2. The summed E-state index contributed by atoms with van der Waals surface area (Å²) in [5.74, 6) is 0. The van der Waals surface area contributed by atoms with E-state index in [0.29, 0.717) is 0 Å². The Morgan fingerprint density at radius 2 is 1.35 bits per heavy atom. The monoisotopic (exact) mass is 334 g/mol. The Balaban J connectivity index is 1.84. The first-order valence-electron chi connectivity index (χ1n) is 7.60. The highest BCUT2D eigenvalue weighted by atomic mass is 32.1. The highest BCUT2D eigenvalue weighted by molar-refractivity contribution is 7.27. The van der Waals surface area contributed by atoms with E-state index in [-0.39, 0.29) is 0 Å². The van der Waals surface area contributed by atoms with Gasteiger partial charge in [0.2, 0.25) is 0 Å². The molecule has 4 aromatic rings. The van der Waals surface area contributed by atoms with E-state index >= 15 is 0 Å². The molecule has 0 aliphatic heterocycles. The molecule has 23 heavy (non-hydrogen) atoms. The van der Waals surface area contributed by atoms with Crippen LogP contribution in [-0.4, -0.2) is 5.11 Å². The van der Waals surface area contributed by atoms with Crippen molar-refractivity contribution in [3.8, 4) is 11.1 Å². The summed E-state index contributed by atoms with van der Waals surface area (Å²) in [5, 5.41) is 11.8. The maximum atomic E-state index is 11.8. The van der Waals surface area contributed by atoms with E-state index in [0.717, 1.165) is 27.1 Å². The molecule has 1 nitrogen and oxygen atoms in total. The zero-order valence-electron chi connectivity index (χ0n) is 12.5. The number of aliphatic hydroxyl groups is 1. The zero-order valence-corrected chi connectivity index (χ0v) is 14.2. The summed E-state index contributed by atoms with van der Waals surface area (Å²) in [6.07, 6.45) is 0. The number of rotatable bonds is 1. The van der Waals surface area contributed by atoms with Crippen LogP contribution in [0.1, 0.15) is 20.9 Å². The fraction of sp³-hybridized carbons (Fsp3) is 0.100. The Morgan fingerprint density at radius 1 is 0.783 bits per heavy atom. The third kappa shape index (κ3) is 1.70. The number of hydrogen-bond donors (Lipinski definition) is 1. The van der Waals surface area contributed by atoms with Crippen LogP contribution in [0.25, 0.3) is 20.5 Å². The Hall–Kier alpha value is -1.94. The molecule has 0 saturated carbocycles. The quantitative estimate of drug-likeness (QED) is 0.485. The summed E-state index contributed by atoms with van der Waals surface area (Å²) in [4.78, 5) is 2.33. The number of aryl methyl sites for hydroxylation is 1. The standard InChI is InChI=1S/C20H14OS2/c1-12-10-17-18(22-12)11-19(23-17)20(21)15-8-4-2-6-13(15)14-7-3-5-9-16(14)20/h2-11,21H,1H3. The topological polar surface area (TPSA) is 20.2 Å². The van der Waals surface area contributed by atoms with Crippen molar-refractivity contribution in [3.63, 3.8) is 0 Å². The molecule has 0 atom stereocenters. The second-order valence-corrected chi connectivity index (χ2v) is 8.37. The van der Waals surface area contributed by atoms with Crippen LogP contribution in [0.2, 0.25) is 0 Å². The van der Waals surface area contributed by atoms with Gasteiger partial charge in [-0.1, -0.05) is 48.5 Å². The molecule has 2 aromatic carbocycles. The zero-order chi connectivity index (χ0) is 15.6. The maximum absolute atomic E-state index is 11.8. The number of hydrogen-bond acceptors (Lipinski definition) is 3. The average molecular weight is 334 g/mol. The van der Waals surface area contributed by atoms with Gasteiger partial charge in [-0.2, -0.15) is 0 Å². The lowest BCUT2D eigenvalue weighted by atomic mass is 9.90. The SMILES string of the molecule is Cc1cc2sc(C3(O)c4ccccc4-c4ccccc43)cc2s1. The second kappa shape index (κ2) is 4.54. The molecular formula is C20H14OS2. The van der Waals surface area contributed by atoms with Crippen molar-refractivity contribution in [2.24, 2.45) is 0 Å². The van der Waals surface area contributed by atoms with Gasteiger partial charge >= 0.3 is 0 Å². The van der Waals surface area contributed by atoms with Crippen LogP contribution in [0.5, 0.6) is 0 Å². The summed E-state index contributed by atoms with van der Waals surface area (Å²) in [5.41, 5.74) is 3.22. The Bertz CT molecular complexity index is 977. The number of fused-ring (bicyclic) bond motifs is 4. The Morgan fingerprint density at radius 3 is 1.96 bits per heavy atom. The Kier molecular flexibility index (Phi) is 2.66. The predicted molar refractivity (Wildman–Crippen MR) is 98.4 cm³/mol. The normalized spacial score (nSPS) is 14.9. The van der Waals surface area contributed by atoms with Gasteiger partial charge in [-0.25, -0.2) is 0 Å². The maximum Gasteiger partial charge on any atom is 0.150 e. The molecule has 112 valence electrons. The highest BCUT2D eigenvalue weighted by Gasteiger charge is 2.44. The first kappa shape index (κ1) is 13.5. The van der Waals surface area contributed by atoms with Crippen LogP contribution in [0.4, 0.5) is 0 Å². The number of benzene rings is 2. The molecule has 1 N–H and O–H groups in total. The van der Waals surface area contributed by atoms with E-state index in [1.165, 1.54) is 14.3 Å². The molecule has 1 aliphatic carbocycles. The molecule has 2 aromatic heterocycles. The van der Waals surface area contributed by atoms with Gasteiger partial charge in [0.05, 0.1) is 0 Å². The molecule has 0 unspecified atom stereocenters. The molecule has 5 rings (SSSR count). The van der Waals surface area contributed by atoms with E-state index in [9.17, 15) is 5.11 Å². The highest BCUT2D eigenvalue weighted by Crippen LogP contribution is 2.53. The van der Waals surface area contributed by atoms with Crippen molar-refractivity contribution in [1.29, 1.82) is 0 Å². The minimum Gasteiger partial charge on any atom is -0.375 e. The lowest BCUT2D eigenvalue weighted by Crippen LogP contribution is -2.24. The molecule has 0 saturated heterocycles. The molecule has 2 heterocycles. The fourth-order valence-corrected chi connectivity index (χ4v) is 6.05. The van der Waals surface area contributed by atoms with Crippen LogP contribution in [-0.2, 0) is 5.60 Å². The molecule has 1 aliphatic rings. The van der Waals surface area contributed by atoms with Gasteiger partial charge < -0.3 is 5.11 Å². The molecule has 0 bridgehead atoms. The fourth-order valence-electron chi connectivity index (χ4n) is 3.61. The third-order valence-electron chi connectivity index (χ3n) is 4.61. The largest absolute Gasteiger partial charge is 0.375 e. The van der Waals surface area contributed by atoms with Crippen molar-refractivity contribution in [3.05, 3.63) is 81.5 Å².